The van der Waals surface area contributed by atoms with E-state index in [1.807, 2.05) is 60.7 Å². The third-order valence-electron chi connectivity index (χ3n) is 5.02. The highest BCUT2D eigenvalue weighted by Crippen LogP contribution is 2.45. The Balaban J connectivity index is 1.84. The zero-order chi connectivity index (χ0) is 20.2. The molecule has 4 rings (SSSR count). The van der Waals surface area contributed by atoms with Crippen LogP contribution in [-0.4, -0.2) is 11.7 Å². The van der Waals surface area contributed by atoms with Gasteiger partial charge in [-0.15, -0.1) is 0 Å². The van der Waals surface area contributed by atoms with Crippen molar-refractivity contribution < 1.29 is 9.84 Å². The molecular formula is C25H20N2O2. The fraction of sp³-hybridized carbons (Fsp3) is 0.160. The number of nitrogens with zero attached hydrogens (tertiary/aromatic N) is 1. The van der Waals surface area contributed by atoms with E-state index in [2.05, 4.69) is 17.9 Å². The summed E-state index contributed by atoms with van der Waals surface area (Å²) in [6.45, 7) is 0.136. The molecule has 1 heterocycles. The molecule has 0 radical (unpaired) electrons. The molecule has 0 fully saturated rings. The summed E-state index contributed by atoms with van der Waals surface area (Å²) >= 11 is 0. The molecule has 1 aliphatic heterocycles. The summed E-state index contributed by atoms with van der Waals surface area (Å²) in [5.74, 6) is 6.73. The number of allylic oxidation sites excluding steroid dienone is 1. The van der Waals surface area contributed by atoms with E-state index in [1.54, 1.807) is 0 Å². The maximum Gasteiger partial charge on any atom is 0.205 e. The predicted octanol–water partition coefficient (Wildman–Crippen LogP) is 4.18. The van der Waals surface area contributed by atoms with Gasteiger partial charge in [-0.3, -0.25) is 0 Å². The number of benzene rings is 3. The van der Waals surface area contributed by atoms with Crippen molar-refractivity contribution in [2.45, 2.75) is 18.8 Å². The normalized spacial score (nSPS) is 15.1. The lowest BCUT2D eigenvalue weighted by molar-refractivity contribution is 0.290. The summed E-state index contributed by atoms with van der Waals surface area (Å²) in [6.07, 6.45) is 1.30. The molecule has 0 bridgehead atoms. The summed E-state index contributed by atoms with van der Waals surface area (Å²) in [7, 11) is 0. The molecule has 4 heteroatoms. The van der Waals surface area contributed by atoms with Gasteiger partial charge in [0.1, 0.15) is 17.4 Å². The molecule has 0 saturated carbocycles. The maximum absolute atomic E-state index is 9.78. The largest absolute Gasteiger partial charge is 0.440 e. The van der Waals surface area contributed by atoms with Gasteiger partial charge in [0, 0.05) is 29.5 Å². The summed E-state index contributed by atoms with van der Waals surface area (Å²) in [4.78, 5) is 0. The van der Waals surface area contributed by atoms with Crippen molar-refractivity contribution in [2.75, 3.05) is 6.61 Å². The fourth-order valence-electron chi connectivity index (χ4n) is 3.66. The lowest BCUT2D eigenvalue weighted by atomic mass is 9.82. The van der Waals surface area contributed by atoms with Crippen molar-refractivity contribution in [3.63, 3.8) is 0 Å². The van der Waals surface area contributed by atoms with Crippen molar-refractivity contribution >= 4 is 10.8 Å². The van der Waals surface area contributed by atoms with Gasteiger partial charge in [0.25, 0.3) is 0 Å². The fourth-order valence-corrected chi connectivity index (χ4v) is 3.66. The van der Waals surface area contributed by atoms with Crippen molar-refractivity contribution in [1.82, 2.24) is 0 Å². The van der Waals surface area contributed by atoms with E-state index < -0.39 is 0 Å². The minimum atomic E-state index is -0.312. The molecule has 0 spiro atoms. The topological polar surface area (TPSA) is 79.3 Å². The molecule has 0 amide bonds. The van der Waals surface area contributed by atoms with Crippen LogP contribution in [0, 0.1) is 23.2 Å². The Morgan fingerprint density at radius 2 is 1.93 bits per heavy atom. The van der Waals surface area contributed by atoms with E-state index in [1.165, 1.54) is 0 Å². The van der Waals surface area contributed by atoms with Crippen LogP contribution in [0.15, 0.2) is 72.1 Å². The van der Waals surface area contributed by atoms with Crippen LogP contribution in [0.3, 0.4) is 0 Å². The SMILES string of the molecule is N#CC1=C(N)Oc2c(ccc3ccccc23)C1c1cccc(C#CCCCO)c1. The average molecular weight is 380 g/mol. The molecule has 4 nitrogen and oxygen atoms in total. The van der Waals surface area contributed by atoms with Gasteiger partial charge in [-0.2, -0.15) is 5.26 Å². The molecule has 3 aromatic rings. The van der Waals surface area contributed by atoms with Crippen molar-refractivity contribution in [1.29, 1.82) is 5.26 Å². The molecule has 142 valence electrons. The molecule has 3 aromatic carbocycles. The summed E-state index contributed by atoms with van der Waals surface area (Å²) < 4.78 is 5.91. The Hall–Kier alpha value is -3.73. The Bertz CT molecular complexity index is 1210. The van der Waals surface area contributed by atoms with Gasteiger partial charge in [0.05, 0.1) is 5.92 Å². The number of fused-ring (bicyclic) bond motifs is 3. The van der Waals surface area contributed by atoms with E-state index in [0.29, 0.717) is 24.2 Å². The highest BCUT2D eigenvalue weighted by molar-refractivity contribution is 5.90. The number of rotatable bonds is 3. The number of hydrogen-bond donors (Lipinski definition) is 2. The van der Waals surface area contributed by atoms with Gasteiger partial charge >= 0.3 is 0 Å². The van der Waals surface area contributed by atoms with E-state index >= 15 is 0 Å². The summed E-state index contributed by atoms with van der Waals surface area (Å²) in [6, 6.07) is 22.1. The second-order valence-corrected chi connectivity index (χ2v) is 6.88. The highest BCUT2D eigenvalue weighted by atomic mass is 16.5. The number of nitriles is 1. The molecule has 0 saturated heterocycles. The van der Waals surface area contributed by atoms with Crippen LogP contribution in [0.5, 0.6) is 5.75 Å². The Labute approximate surface area is 169 Å². The lowest BCUT2D eigenvalue weighted by Crippen LogP contribution is -2.21. The van der Waals surface area contributed by atoms with Gasteiger partial charge in [-0.05, 0) is 29.5 Å². The molecule has 0 aliphatic carbocycles. The van der Waals surface area contributed by atoms with Crippen LogP contribution >= 0.6 is 0 Å². The van der Waals surface area contributed by atoms with Crippen LogP contribution in [-0.2, 0) is 0 Å². The van der Waals surface area contributed by atoms with Gasteiger partial charge in [0.15, 0.2) is 0 Å². The first-order chi connectivity index (χ1) is 14.2. The second-order valence-electron chi connectivity index (χ2n) is 6.88. The number of nitrogens with two attached hydrogens (primary N) is 1. The first-order valence-electron chi connectivity index (χ1n) is 9.52. The van der Waals surface area contributed by atoms with E-state index in [9.17, 15) is 5.26 Å². The van der Waals surface area contributed by atoms with Crippen molar-refractivity contribution in [2.24, 2.45) is 5.73 Å². The van der Waals surface area contributed by atoms with Crippen molar-refractivity contribution in [3.05, 3.63) is 88.8 Å². The standard InChI is InChI=1S/C25H20N2O2/c26-16-22-23(19-10-6-8-17(15-19)7-2-1-5-14-28)21-13-12-18-9-3-4-11-20(18)24(21)29-25(22)27/h3-4,6,8-13,15,23,28H,1,5,14,27H2. The Morgan fingerprint density at radius 1 is 1.07 bits per heavy atom. The lowest BCUT2D eigenvalue weighted by Gasteiger charge is -2.27. The molecule has 3 N–H and O–H groups in total. The second kappa shape index (κ2) is 8.10. The zero-order valence-electron chi connectivity index (χ0n) is 15.9. The van der Waals surface area contributed by atoms with Gasteiger partial charge in [-0.25, -0.2) is 0 Å². The zero-order valence-corrected chi connectivity index (χ0v) is 15.9. The van der Waals surface area contributed by atoms with Crippen molar-refractivity contribution in [3.8, 4) is 23.7 Å². The summed E-state index contributed by atoms with van der Waals surface area (Å²) in [5.41, 5.74) is 9.28. The molecular weight excluding hydrogens is 360 g/mol. The quantitative estimate of drug-likeness (QED) is 0.528. The third kappa shape index (κ3) is 3.55. The summed E-state index contributed by atoms with van der Waals surface area (Å²) in [5, 5.41) is 20.7. The van der Waals surface area contributed by atoms with E-state index in [-0.39, 0.29) is 18.4 Å². The molecule has 1 unspecified atom stereocenters. The number of aliphatic hydroxyl groups is 1. The molecule has 1 aliphatic rings. The predicted molar refractivity (Wildman–Crippen MR) is 113 cm³/mol. The number of ether oxygens (including phenoxy) is 1. The average Bonchev–Trinajstić information content (AvgIpc) is 2.76. The van der Waals surface area contributed by atoms with E-state index in [4.69, 9.17) is 15.6 Å². The number of hydrogen-bond acceptors (Lipinski definition) is 4. The number of unbranched alkanes of at least 4 members (excludes halogenated alkanes) is 1. The smallest absolute Gasteiger partial charge is 0.205 e. The maximum atomic E-state index is 9.78. The molecule has 29 heavy (non-hydrogen) atoms. The van der Waals surface area contributed by atoms with Crippen LogP contribution in [0.4, 0.5) is 0 Å². The first kappa shape index (κ1) is 18.6. The molecule has 0 aromatic heterocycles. The van der Waals surface area contributed by atoms with E-state index in [0.717, 1.165) is 27.5 Å². The van der Waals surface area contributed by atoms with Crippen LogP contribution in [0.25, 0.3) is 10.8 Å². The Morgan fingerprint density at radius 3 is 2.76 bits per heavy atom. The van der Waals surface area contributed by atoms with Crippen LogP contribution in [0.1, 0.15) is 35.4 Å². The van der Waals surface area contributed by atoms with Crippen LogP contribution in [0.2, 0.25) is 0 Å². The van der Waals surface area contributed by atoms with Gasteiger partial charge < -0.3 is 15.6 Å². The highest BCUT2D eigenvalue weighted by Gasteiger charge is 2.31. The van der Waals surface area contributed by atoms with Crippen LogP contribution < -0.4 is 10.5 Å². The minimum Gasteiger partial charge on any atom is -0.440 e. The minimum absolute atomic E-state index is 0.136. The number of aliphatic hydroxyl groups excluding tert-OH is 1. The molecule has 1 atom stereocenters. The third-order valence-corrected chi connectivity index (χ3v) is 5.02. The first-order valence-corrected chi connectivity index (χ1v) is 9.52. The van der Waals surface area contributed by atoms with Gasteiger partial charge in [0.2, 0.25) is 5.88 Å². The van der Waals surface area contributed by atoms with Gasteiger partial charge in [-0.1, -0.05) is 60.4 Å². The Kier molecular flexibility index (Phi) is 5.20. The monoisotopic (exact) mass is 380 g/mol.